The van der Waals surface area contributed by atoms with E-state index in [0.717, 1.165) is 44.9 Å². The number of esters is 2. The lowest BCUT2D eigenvalue weighted by Gasteiger charge is -2.20. The Hall–Kier alpha value is -1.03. The molecule has 0 bridgehead atoms. The Morgan fingerprint density at radius 2 is 1.13 bits per heavy atom. The van der Waals surface area contributed by atoms with Gasteiger partial charge in [0.1, 0.15) is 12.7 Å². The summed E-state index contributed by atoms with van der Waals surface area (Å²) in [5.74, 6) is -0.940. The van der Waals surface area contributed by atoms with E-state index in [1.54, 1.807) is 0 Å². The Kier molecular flexibility index (Phi) is 24.3. The van der Waals surface area contributed by atoms with Crippen molar-refractivity contribution in [3.63, 3.8) is 0 Å². The normalized spacial score (nSPS) is 14.6. The average Bonchev–Trinajstić information content (AvgIpc) is 2.89. The van der Waals surface area contributed by atoms with Crippen molar-refractivity contribution < 1.29 is 47.8 Å². The molecule has 1 unspecified atom stereocenters. The van der Waals surface area contributed by atoms with E-state index in [1.807, 2.05) is 0 Å². The zero-order valence-electron chi connectivity index (χ0n) is 23.7. The first-order valence-corrected chi connectivity index (χ1v) is 16.0. The number of unbranched alkanes of at least 4 members (excludes halogenated alkanes) is 13. The molecule has 226 valence electrons. The Morgan fingerprint density at radius 1 is 0.684 bits per heavy atom. The molecule has 0 fully saturated rings. The number of carbonyl (C=O) groups is 2. The number of carbonyl (C=O) groups excluding carboxylic acids is 2. The summed E-state index contributed by atoms with van der Waals surface area (Å²) in [5.41, 5.74) is 0. The highest BCUT2D eigenvalue weighted by Crippen LogP contribution is 2.43. The predicted molar refractivity (Wildman–Crippen MR) is 145 cm³/mol. The van der Waals surface area contributed by atoms with Crippen molar-refractivity contribution >= 4 is 19.8 Å². The summed E-state index contributed by atoms with van der Waals surface area (Å²) in [4.78, 5) is 34.2. The first-order chi connectivity index (χ1) is 18.2. The van der Waals surface area contributed by atoms with Gasteiger partial charge in [-0.15, -0.1) is 0 Å². The molecular weight excluding hydrogens is 515 g/mol. The van der Waals surface area contributed by atoms with Gasteiger partial charge in [-0.1, -0.05) is 97.3 Å². The molecule has 3 atom stereocenters. The fraction of sp³-hybridized carbons (Fsp3) is 0.926. The predicted octanol–water partition coefficient (Wildman–Crippen LogP) is 5.60. The van der Waals surface area contributed by atoms with Crippen molar-refractivity contribution in [2.45, 2.75) is 135 Å². The second-order valence-electron chi connectivity index (χ2n) is 9.79. The smallest absolute Gasteiger partial charge is 0.462 e. The van der Waals surface area contributed by atoms with Crippen molar-refractivity contribution in [2.24, 2.45) is 0 Å². The molecule has 0 aliphatic rings. The number of phosphoric ester groups is 1. The third-order valence-corrected chi connectivity index (χ3v) is 6.96. The van der Waals surface area contributed by atoms with E-state index < -0.39 is 51.8 Å². The zero-order valence-corrected chi connectivity index (χ0v) is 24.5. The van der Waals surface area contributed by atoms with Gasteiger partial charge in [0.25, 0.3) is 0 Å². The first-order valence-electron chi connectivity index (χ1n) is 14.5. The Balaban J connectivity index is 4.43. The van der Waals surface area contributed by atoms with E-state index in [-0.39, 0.29) is 19.4 Å². The van der Waals surface area contributed by atoms with Crippen molar-refractivity contribution in [1.29, 1.82) is 0 Å². The van der Waals surface area contributed by atoms with Crippen LogP contribution in [0.25, 0.3) is 0 Å². The molecule has 0 aromatic heterocycles. The number of aliphatic hydroxyl groups is 2. The Morgan fingerprint density at radius 3 is 1.63 bits per heavy atom. The zero-order chi connectivity index (χ0) is 28.5. The lowest BCUT2D eigenvalue weighted by molar-refractivity contribution is -0.161. The van der Waals surface area contributed by atoms with Gasteiger partial charge >= 0.3 is 19.8 Å². The van der Waals surface area contributed by atoms with Crippen LogP contribution in [0.1, 0.15) is 123 Å². The number of rotatable bonds is 27. The van der Waals surface area contributed by atoms with Crippen molar-refractivity contribution in [3.8, 4) is 0 Å². The van der Waals surface area contributed by atoms with Crippen LogP contribution in [-0.2, 0) is 32.7 Å². The highest BCUT2D eigenvalue weighted by molar-refractivity contribution is 7.47. The highest BCUT2D eigenvalue weighted by Gasteiger charge is 2.27. The van der Waals surface area contributed by atoms with Crippen LogP contribution < -0.4 is 0 Å². The third kappa shape index (κ3) is 24.0. The van der Waals surface area contributed by atoms with Gasteiger partial charge in [-0.05, 0) is 12.8 Å². The minimum atomic E-state index is -4.58. The molecule has 0 saturated heterocycles. The van der Waals surface area contributed by atoms with Crippen molar-refractivity contribution in [1.82, 2.24) is 0 Å². The van der Waals surface area contributed by atoms with Gasteiger partial charge in [-0.25, -0.2) is 4.57 Å². The summed E-state index contributed by atoms with van der Waals surface area (Å²) in [5, 5.41) is 18.1. The topological polar surface area (TPSA) is 149 Å². The summed E-state index contributed by atoms with van der Waals surface area (Å²) in [7, 11) is -4.58. The van der Waals surface area contributed by atoms with Crippen molar-refractivity contribution in [2.75, 3.05) is 26.4 Å². The maximum Gasteiger partial charge on any atom is 0.472 e. The molecule has 0 amide bonds. The monoisotopic (exact) mass is 568 g/mol. The van der Waals surface area contributed by atoms with E-state index >= 15 is 0 Å². The van der Waals surface area contributed by atoms with Gasteiger partial charge < -0.3 is 24.6 Å². The van der Waals surface area contributed by atoms with Crippen LogP contribution in [0.3, 0.4) is 0 Å². The molecule has 0 spiro atoms. The number of hydrogen-bond acceptors (Lipinski definition) is 9. The molecule has 0 rings (SSSR count). The molecule has 38 heavy (non-hydrogen) atoms. The van der Waals surface area contributed by atoms with E-state index in [2.05, 4.69) is 18.4 Å². The molecular formula is C27H53O10P. The van der Waals surface area contributed by atoms with E-state index in [0.29, 0.717) is 12.8 Å². The maximum absolute atomic E-state index is 12.2. The van der Waals surface area contributed by atoms with Crippen LogP contribution >= 0.6 is 7.82 Å². The van der Waals surface area contributed by atoms with Gasteiger partial charge in [0.05, 0.1) is 19.8 Å². The lowest BCUT2D eigenvalue weighted by Crippen LogP contribution is -2.29. The molecule has 0 aromatic carbocycles. The second kappa shape index (κ2) is 25.0. The summed E-state index contributed by atoms with van der Waals surface area (Å²) in [6.45, 7) is 2.21. The largest absolute Gasteiger partial charge is 0.472 e. The molecule has 3 N–H and O–H groups in total. The van der Waals surface area contributed by atoms with Crippen LogP contribution in [0, 0.1) is 0 Å². The quantitative estimate of drug-likeness (QED) is 0.0649. The Bertz CT molecular complexity index is 631. The second-order valence-corrected chi connectivity index (χ2v) is 11.2. The van der Waals surface area contributed by atoms with E-state index in [4.69, 9.17) is 19.1 Å². The number of phosphoric acid groups is 1. The summed E-state index contributed by atoms with van der Waals surface area (Å²) < 4.78 is 32.1. The molecule has 0 radical (unpaired) electrons. The van der Waals surface area contributed by atoms with Gasteiger partial charge in [-0.2, -0.15) is 0 Å². The van der Waals surface area contributed by atoms with Crippen LogP contribution in [0.5, 0.6) is 0 Å². The van der Waals surface area contributed by atoms with Gasteiger partial charge in [0, 0.05) is 12.8 Å². The fourth-order valence-electron chi connectivity index (χ4n) is 3.70. The number of ether oxygens (including phenoxy) is 2. The van der Waals surface area contributed by atoms with Crippen molar-refractivity contribution in [3.05, 3.63) is 0 Å². The molecule has 0 aromatic rings. The molecule has 0 aliphatic carbocycles. The minimum absolute atomic E-state index is 0.183. The van der Waals surface area contributed by atoms with E-state index in [9.17, 15) is 24.2 Å². The minimum Gasteiger partial charge on any atom is -0.462 e. The van der Waals surface area contributed by atoms with Crippen LogP contribution in [0.2, 0.25) is 0 Å². The summed E-state index contributed by atoms with van der Waals surface area (Å²) in [6.07, 6.45) is 14.3. The van der Waals surface area contributed by atoms with Crippen LogP contribution in [0.15, 0.2) is 0 Å². The molecule has 10 nitrogen and oxygen atoms in total. The summed E-state index contributed by atoms with van der Waals surface area (Å²) in [6, 6.07) is 0. The average molecular weight is 569 g/mol. The third-order valence-electron chi connectivity index (χ3n) is 6.01. The maximum atomic E-state index is 12.2. The van der Waals surface area contributed by atoms with Crippen LogP contribution in [-0.4, -0.2) is 65.7 Å². The molecule has 0 saturated carbocycles. The molecule has 0 heterocycles. The van der Waals surface area contributed by atoms with E-state index in [1.165, 1.54) is 38.5 Å². The summed E-state index contributed by atoms with van der Waals surface area (Å²) >= 11 is 0. The SMILES string of the molecule is CCCCCCCCCCCCC(=O)OC[C@H](COP(=O)(O)OC[C@@H](O)CO)OC(=O)CCCCCCC. The van der Waals surface area contributed by atoms with Gasteiger partial charge in [-0.3, -0.25) is 18.6 Å². The lowest BCUT2D eigenvalue weighted by atomic mass is 10.1. The highest BCUT2D eigenvalue weighted by atomic mass is 31.2. The van der Waals surface area contributed by atoms with Gasteiger partial charge in [0.15, 0.2) is 6.10 Å². The Labute approximate surface area is 229 Å². The standard InChI is InChI=1S/C27H53O10P/c1-3-5-7-9-10-11-12-13-15-16-18-26(30)34-22-25(37-27(31)19-17-14-8-6-4-2)23-36-38(32,33)35-21-24(29)20-28/h24-25,28-29H,3-23H2,1-2H3,(H,32,33)/t24-,25+/m0/s1. The fourth-order valence-corrected chi connectivity index (χ4v) is 4.49. The number of aliphatic hydroxyl groups excluding tert-OH is 2. The first kappa shape index (κ1) is 37.0. The molecule has 0 aliphatic heterocycles. The van der Waals surface area contributed by atoms with Crippen LogP contribution in [0.4, 0.5) is 0 Å². The number of hydrogen-bond donors (Lipinski definition) is 3. The van der Waals surface area contributed by atoms with Gasteiger partial charge in [0.2, 0.25) is 0 Å². The molecule has 11 heteroatoms.